The van der Waals surface area contributed by atoms with Crippen LogP contribution in [-0.2, 0) is 0 Å². The van der Waals surface area contributed by atoms with Gasteiger partial charge in [-0.25, -0.2) is 0 Å². The van der Waals surface area contributed by atoms with Crippen molar-refractivity contribution in [3.63, 3.8) is 0 Å². The lowest BCUT2D eigenvalue weighted by Gasteiger charge is -2.01. The van der Waals surface area contributed by atoms with Gasteiger partial charge in [0.15, 0.2) is 0 Å². The summed E-state index contributed by atoms with van der Waals surface area (Å²) in [6.45, 7) is 3.54. The highest BCUT2D eigenvalue weighted by Gasteiger charge is 2.07. The van der Waals surface area contributed by atoms with E-state index in [0.29, 0.717) is 5.56 Å². The van der Waals surface area contributed by atoms with Gasteiger partial charge in [-0.05, 0) is 30.7 Å². The molecule has 4 heteroatoms. The maximum Gasteiger partial charge on any atom is 0.269 e. The average Bonchev–Trinajstić information content (AvgIpc) is 2.03. The van der Waals surface area contributed by atoms with Crippen molar-refractivity contribution in [3.05, 3.63) is 41.8 Å². The molecule has 0 heterocycles. The van der Waals surface area contributed by atoms with E-state index in [-0.39, 0.29) is 11.1 Å². The molecule has 0 saturated carbocycles. The number of nitrogens with two attached hydrogens (primary N) is 1. The van der Waals surface area contributed by atoms with Crippen LogP contribution in [0.5, 0.6) is 0 Å². The molecule has 1 aromatic carbocycles. The summed E-state index contributed by atoms with van der Waals surface area (Å²) in [5.41, 5.74) is 12.7. The summed E-state index contributed by atoms with van der Waals surface area (Å²) in [6.07, 6.45) is 0. The van der Waals surface area contributed by atoms with Crippen molar-refractivity contribution in [2.24, 2.45) is 5.73 Å². The third-order valence-corrected chi connectivity index (χ3v) is 1.63. The van der Waals surface area contributed by atoms with Crippen LogP contribution < -0.4 is 11.5 Å². The fourth-order valence-electron chi connectivity index (χ4n) is 0.968. The minimum Gasteiger partial charge on any atom is -0.366 e. The highest BCUT2D eigenvalue weighted by Crippen LogP contribution is 2.10. The second-order valence-corrected chi connectivity index (χ2v) is 2.57. The van der Waals surface area contributed by atoms with Gasteiger partial charge < -0.3 is 5.73 Å². The number of hydrogen-bond acceptors (Lipinski definition) is 2. The van der Waals surface area contributed by atoms with Crippen LogP contribution in [0.15, 0.2) is 18.2 Å². The molecule has 0 aliphatic carbocycles. The van der Waals surface area contributed by atoms with Crippen LogP contribution >= 0.6 is 0 Å². The molecular weight excluding hydrogens is 168 g/mol. The maximum atomic E-state index is 10.7. The second kappa shape index (κ2) is 3.26. The van der Waals surface area contributed by atoms with Crippen molar-refractivity contribution in [1.29, 1.82) is 0 Å². The zero-order chi connectivity index (χ0) is 10.0. The molecule has 1 aromatic rings. The molecular formula is C9H8N2O2. The van der Waals surface area contributed by atoms with E-state index in [9.17, 15) is 9.59 Å². The molecule has 0 unspecified atom stereocenters. The SMILES string of the molecule is [CH2]c1cc(C(N)=O)ccc1C([NH])=O. The quantitative estimate of drug-likeness (QED) is 0.706. The van der Waals surface area contributed by atoms with Gasteiger partial charge in [0.05, 0.1) is 0 Å². The van der Waals surface area contributed by atoms with Crippen LogP contribution in [0, 0.1) is 6.92 Å². The average molecular weight is 176 g/mol. The molecule has 3 N–H and O–H groups in total. The van der Waals surface area contributed by atoms with Crippen LogP contribution in [-0.4, -0.2) is 11.8 Å². The van der Waals surface area contributed by atoms with Crippen LogP contribution in [0.3, 0.4) is 0 Å². The fourth-order valence-corrected chi connectivity index (χ4v) is 0.968. The topological polar surface area (TPSA) is 84.0 Å². The Labute approximate surface area is 75.5 Å². The van der Waals surface area contributed by atoms with Crippen LogP contribution in [0.2, 0.25) is 0 Å². The number of carbonyl (C=O) groups excluding carboxylic acids is 2. The number of rotatable bonds is 2. The lowest BCUT2D eigenvalue weighted by Crippen LogP contribution is -2.12. The smallest absolute Gasteiger partial charge is 0.269 e. The third kappa shape index (κ3) is 1.84. The Kier molecular flexibility index (Phi) is 2.32. The summed E-state index contributed by atoms with van der Waals surface area (Å²) in [4.78, 5) is 21.4. The third-order valence-electron chi connectivity index (χ3n) is 1.63. The standard InChI is InChI=1S/C9H8N2O2/c1-5-4-6(8(10)12)2-3-7(5)9(11)13/h2-4,11H,1H2,(H2,10,12). The molecule has 2 radical (unpaired) electrons. The molecule has 1 rings (SSSR count). The summed E-state index contributed by atoms with van der Waals surface area (Å²) in [5.74, 6) is -1.39. The Bertz CT molecular complexity index is 372. The lowest BCUT2D eigenvalue weighted by atomic mass is 10.0. The van der Waals surface area contributed by atoms with Gasteiger partial charge in [0.25, 0.3) is 5.91 Å². The minimum atomic E-state index is -0.818. The van der Waals surface area contributed by atoms with Crippen LogP contribution in [0.25, 0.3) is 0 Å². The number of primary amides is 1. The van der Waals surface area contributed by atoms with Crippen LogP contribution in [0.1, 0.15) is 26.3 Å². The normalized spacial score (nSPS) is 9.62. The van der Waals surface area contributed by atoms with E-state index in [4.69, 9.17) is 11.5 Å². The van der Waals surface area contributed by atoms with Gasteiger partial charge >= 0.3 is 0 Å². The van der Waals surface area contributed by atoms with Crippen molar-refractivity contribution >= 4 is 11.8 Å². The number of benzene rings is 1. The molecule has 0 spiro atoms. The zero-order valence-corrected chi connectivity index (χ0v) is 6.83. The summed E-state index contributed by atoms with van der Waals surface area (Å²) < 4.78 is 0. The number of nitrogens with one attached hydrogen (secondary N) is 1. The van der Waals surface area contributed by atoms with Crippen LogP contribution in [0.4, 0.5) is 0 Å². The van der Waals surface area contributed by atoms with E-state index in [1.165, 1.54) is 18.2 Å². The van der Waals surface area contributed by atoms with E-state index < -0.39 is 11.8 Å². The second-order valence-electron chi connectivity index (χ2n) is 2.57. The van der Waals surface area contributed by atoms with Gasteiger partial charge in [-0.3, -0.25) is 15.3 Å². The molecule has 0 aromatic heterocycles. The summed E-state index contributed by atoms with van der Waals surface area (Å²) in [5, 5.41) is 0. The summed E-state index contributed by atoms with van der Waals surface area (Å²) in [7, 11) is 0. The Morgan fingerprint density at radius 1 is 1.38 bits per heavy atom. The van der Waals surface area contributed by atoms with E-state index in [2.05, 4.69) is 6.92 Å². The molecule has 66 valence electrons. The first-order valence-electron chi connectivity index (χ1n) is 3.54. The Balaban J connectivity index is 3.20. The molecule has 2 amide bonds. The van der Waals surface area contributed by atoms with Crippen molar-refractivity contribution < 1.29 is 9.59 Å². The number of hydrogen-bond donors (Lipinski definition) is 1. The molecule has 0 saturated heterocycles. The fraction of sp³-hybridized carbons (Fsp3) is 0. The van der Waals surface area contributed by atoms with Gasteiger partial charge in [-0.15, -0.1) is 0 Å². The Morgan fingerprint density at radius 2 is 2.00 bits per heavy atom. The largest absolute Gasteiger partial charge is 0.366 e. The molecule has 0 aliphatic heterocycles. The van der Waals surface area contributed by atoms with E-state index in [1.54, 1.807) is 0 Å². The van der Waals surface area contributed by atoms with E-state index in [0.717, 1.165) is 0 Å². The first-order valence-corrected chi connectivity index (χ1v) is 3.54. The minimum absolute atomic E-state index is 0.185. The molecule has 0 aliphatic rings. The van der Waals surface area contributed by atoms with Crippen molar-refractivity contribution in [1.82, 2.24) is 5.73 Å². The summed E-state index contributed by atoms with van der Waals surface area (Å²) >= 11 is 0. The molecule has 0 bridgehead atoms. The Hall–Kier alpha value is -1.84. The number of carbonyl (C=O) groups is 2. The molecule has 13 heavy (non-hydrogen) atoms. The lowest BCUT2D eigenvalue weighted by molar-refractivity contribution is 0.0983. The first-order chi connectivity index (χ1) is 6.02. The highest BCUT2D eigenvalue weighted by atomic mass is 16.1. The van der Waals surface area contributed by atoms with Crippen molar-refractivity contribution in [2.45, 2.75) is 0 Å². The van der Waals surface area contributed by atoms with Gasteiger partial charge in [-0.1, -0.05) is 0 Å². The molecule has 0 fully saturated rings. The predicted octanol–water partition coefficient (Wildman–Crippen LogP) is 0.391. The van der Waals surface area contributed by atoms with E-state index in [1.807, 2.05) is 0 Å². The highest BCUT2D eigenvalue weighted by molar-refractivity contribution is 5.97. The molecule has 0 atom stereocenters. The Morgan fingerprint density at radius 3 is 2.38 bits per heavy atom. The molecule has 4 nitrogen and oxygen atoms in total. The zero-order valence-electron chi connectivity index (χ0n) is 6.83. The van der Waals surface area contributed by atoms with Gasteiger partial charge in [0.2, 0.25) is 5.91 Å². The monoisotopic (exact) mass is 176 g/mol. The van der Waals surface area contributed by atoms with Crippen molar-refractivity contribution in [2.75, 3.05) is 0 Å². The van der Waals surface area contributed by atoms with Gasteiger partial charge in [0.1, 0.15) is 0 Å². The van der Waals surface area contributed by atoms with Gasteiger partial charge in [0, 0.05) is 11.1 Å². The summed E-state index contributed by atoms with van der Waals surface area (Å²) in [6, 6.07) is 4.17. The van der Waals surface area contributed by atoms with Gasteiger partial charge in [-0.2, -0.15) is 0 Å². The number of amides is 2. The van der Waals surface area contributed by atoms with E-state index >= 15 is 0 Å². The first kappa shape index (κ1) is 9.25. The maximum absolute atomic E-state index is 10.7. The predicted molar refractivity (Wildman–Crippen MR) is 46.8 cm³/mol. The van der Waals surface area contributed by atoms with Crippen molar-refractivity contribution in [3.8, 4) is 0 Å².